The molecule has 0 atom stereocenters. The Morgan fingerprint density at radius 3 is 2.33 bits per heavy atom. The van der Waals surface area contributed by atoms with E-state index in [2.05, 4.69) is 19.2 Å². The van der Waals surface area contributed by atoms with Crippen LogP contribution in [0.5, 0.6) is 0 Å². The first-order chi connectivity index (χ1) is 11.5. The second kappa shape index (κ2) is 8.67. The lowest BCUT2D eigenvalue weighted by Crippen LogP contribution is -2.42. The van der Waals surface area contributed by atoms with Crippen molar-refractivity contribution < 1.29 is 9.59 Å². The van der Waals surface area contributed by atoms with Gasteiger partial charge >= 0.3 is 0 Å². The van der Waals surface area contributed by atoms with Crippen molar-refractivity contribution in [1.82, 2.24) is 10.2 Å². The van der Waals surface area contributed by atoms with Crippen LogP contribution in [0.4, 0.5) is 0 Å². The Kier molecular flexibility index (Phi) is 6.59. The summed E-state index contributed by atoms with van der Waals surface area (Å²) in [5.41, 5.74) is 3.23. The first-order valence-electron chi connectivity index (χ1n) is 8.81. The first-order valence-corrected chi connectivity index (χ1v) is 8.81. The lowest BCUT2D eigenvalue weighted by molar-refractivity contribution is -0.132. The zero-order chi connectivity index (χ0) is 17.5. The SMILES string of the molecule is Cc1ccc(/C(=C/C(=O)NCC(=O)N2CCCCC2)C(C)C)cc1. The molecule has 1 aliphatic rings. The lowest BCUT2D eigenvalue weighted by Gasteiger charge is -2.26. The molecule has 130 valence electrons. The third-order valence-corrected chi connectivity index (χ3v) is 4.42. The van der Waals surface area contributed by atoms with Crippen LogP contribution in [0.1, 0.15) is 44.2 Å². The molecule has 1 aromatic rings. The third-order valence-electron chi connectivity index (χ3n) is 4.42. The molecule has 2 rings (SSSR count). The van der Waals surface area contributed by atoms with E-state index in [1.54, 1.807) is 6.08 Å². The summed E-state index contributed by atoms with van der Waals surface area (Å²) in [5.74, 6) is 0.0405. The Balaban J connectivity index is 1.97. The van der Waals surface area contributed by atoms with Gasteiger partial charge in [-0.2, -0.15) is 0 Å². The molecule has 0 aliphatic carbocycles. The van der Waals surface area contributed by atoms with E-state index in [9.17, 15) is 9.59 Å². The fraction of sp³-hybridized carbons (Fsp3) is 0.500. The number of carbonyl (C=O) groups is 2. The van der Waals surface area contributed by atoms with Crippen LogP contribution in [0.2, 0.25) is 0 Å². The molecule has 1 aliphatic heterocycles. The van der Waals surface area contributed by atoms with E-state index < -0.39 is 0 Å². The molecule has 1 aromatic carbocycles. The summed E-state index contributed by atoms with van der Waals surface area (Å²) >= 11 is 0. The molecule has 0 bridgehead atoms. The Morgan fingerprint density at radius 2 is 1.75 bits per heavy atom. The topological polar surface area (TPSA) is 49.4 Å². The van der Waals surface area contributed by atoms with Gasteiger partial charge in [0.05, 0.1) is 6.54 Å². The minimum Gasteiger partial charge on any atom is -0.343 e. The monoisotopic (exact) mass is 328 g/mol. The van der Waals surface area contributed by atoms with Crippen LogP contribution in [0, 0.1) is 12.8 Å². The molecule has 4 nitrogen and oxygen atoms in total. The number of aryl methyl sites for hydroxylation is 1. The molecule has 1 saturated heterocycles. The average molecular weight is 328 g/mol. The van der Waals surface area contributed by atoms with Crippen LogP contribution in [0.3, 0.4) is 0 Å². The van der Waals surface area contributed by atoms with Crippen LogP contribution in [-0.4, -0.2) is 36.3 Å². The summed E-state index contributed by atoms with van der Waals surface area (Å²) in [6, 6.07) is 8.16. The molecule has 1 fully saturated rings. The zero-order valence-electron chi connectivity index (χ0n) is 15.0. The normalized spacial score (nSPS) is 15.5. The number of likely N-dealkylation sites (tertiary alicyclic amines) is 1. The molecule has 4 heteroatoms. The van der Waals surface area contributed by atoms with Crippen molar-refractivity contribution in [3.63, 3.8) is 0 Å². The molecule has 0 radical (unpaired) electrons. The molecular weight excluding hydrogens is 300 g/mol. The van der Waals surface area contributed by atoms with Crippen molar-refractivity contribution in [1.29, 1.82) is 0 Å². The maximum absolute atomic E-state index is 12.2. The number of nitrogens with zero attached hydrogens (tertiary/aromatic N) is 1. The van der Waals surface area contributed by atoms with E-state index in [4.69, 9.17) is 0 Å². The quantitative estimate of drug-likeness (QED) is 0.844. The van der Waals surface area contributed by atoms with Gasteiger partial charge in [0.2, 0.25) is 11.8 Å². The number of amides is 2. The van der Waals surface area contributed by atoms with Crippen LogP contribution < -0.4 is 5.32 Å². The highest BCUT2D eigenvalue weighted by Gasteiger charge is 2.17. The van der Waals surface area contributed by atoms with Crippen LogP contribution in [-0.2, 0) is 9.59 Å². The number of nitrogens with one attached hydrogen (secondary N) is 1. The maximum Gasteiger partial charge on any atom is 0.244 e. The maximum atomic E-state index is 12.2. The second-order valence-electron chi connectivity index (χ2n) is 6.78. The number of hydrogen-bond donors (Lipinski definition) is 1. The number of piperidine rings is 1. The van der Waals surface area contributed by atoms with Gasteiger partial charge in [0.1, 0.15) is 0 Å². The van der Waals surface area contributed by atoms with Crippen molar-refractivity contribution in [2.45, 2.75) is 40.0 Å². The largest absolute Gasteiger partial charge is 0.343 e. The van der Waals surface area contributed by atoms with Crippen molar-refractivity contribution in [3.05, 3.63) is 41.5 Å². The van der Waals surface area contributed by atoms with Crippen LogP contribution >= 0.6 is 0 Å². The second-order valence-corrected chi connectivity index (χ2v) is 6.78. The summed E-state index contributed by atoms with van der Waals surface area (Å²) in [5, 5.41) is 2.74. The molecule has 1 heterocycles. The van der Waals surface area contributed by atoms with Gasteiger partial charge in [-0.05, 0) is 43.2 Å². The van der Waals surface area contributed by atoms with Gasteiger partial charge in [-0.1, -0.05) is 43.7 Å². The van der Waals surface area contributed by atoms with Crippen LogP contribution in [0.25, 0.3) is 5.57 Å². The van der Waals surface area contributed by atoms with E-state index in [1.807, 2.05) is 36.1 Å². The molecule has 0 spiro atoms. The molecule has 0 aromatic heterocycles. The molecule has 24 heavy (non-hydrogen) atoms. The van der Waals surface area contributed by atoms with Crippen LogP contribution in [0.15, 0.2) is 30.3 Å². The third kappa shape index (κ3) is 5.22. The molecular formula is C20H28N2O2. The van der Waals surface area contributed by atoms with Gasteiger partial charge in [0.15, 0.2) is 0 Å². The number of benzene rings is 1. The summed E-state index contributed by atoms with van der Waals surface area (Å²) in [4.78, 5) is 26.2. The number of carbonyl (C=O) groups excluding carboxylic acids is 2. The van der Waals surface area contributed by atoms with E-state index in [0.29, 0.717) is 0 Å². The van der Waals surface area contributed by atoms with Crippen molar-refractivity contribution in [3.8, 4) is 0 Å². The fourth-order valence-electron chi connectivity index (χ4n) is 2.94. The minimum atomic E-state index is -0.204. The molecule has 2 amide bonds. The van der Waals surface area contributed by atoms with Crippen molar-refractivity contribution in [2.75, 3.05) is 19.6 Å². The van der Waals surface area contributed by atoms with E-state index in [0.717, 1.165) is 37.1 Å². The Bertz CT molecular complexity index is 597. The first kappa shape index (κ1) is 18.2. The van der Waals surface area contributed by atoms with Gasteiger partial charge in [0, 0.05) is 19.2 Å². The summed E-state index contributed by atoms with van der Waals surface area (Å²) in [7, 11) is 0. The minimum absolute atomic E-state index is 0.0119. The highest BCUT2D eigenvalue weighted by atomic mass is 16.2. The van der Waals surface area contributed by atoms with Gasteiger partial charge < -0.3 is 10.2 Å². The van der Waals surface area contributed by atoms with Gasteiger partial charge in [-0.25, -0.2) is 0 Å². The van der Waals surface area contributed by atoms with E-state index in [1.165, 1.54) is 12.0 Å². The Morgan fingerprint density at radius 1 is 1.12 bits per heavy atom. The van der Waals surface area contributed by atoms with Crippen molar-refractivity contribution >= 4 is 17.4 Å². The predicted molar refractivity (Wildman–Crippen MR) is 97.4 cm³/mol. The number of allylic oxidation sites excluding steroid dienone is 1. The van der Waals surface area contributed by atoms with Gasteiger partial charge in [0.25, 0.3) is 0 Å². The summed E-state index contributed by atoms with van der Waals surface area (Å²) < 4.78 is 0. The predicted octanol–water partition coefficient (Wildman–Crippen LogP) is 3.16. The van der Waals surface area contributed by atoms with Crippen molar-refractivity contribution in [2.24, 2.45) is 5.92 Å². The standard InChI is InChI=1S/C20H28N2O2/c1-15(2)18(17-9-7-16(3)8-10-17)13-19(23)21-14-20(24)22-11-5-4-6-12-22/h7-10,13,15H,4-6,11-12,14H2,1-3H3,(H,21,23)/b18-13+. The summed E-state index contributed by atoms with van der Waals surface area (Å²) in [6.45, 7) is 7.88. The molecule has 0 unspecified atom stereocenters. The fourth-order valence-corrected chi connectivity index (χ4v) is 2.94. The highest BCUT2D eigenvalue weighted by molar-refractivity contribution is 5.97. The molecule has 1 N–H and O–H groups in total. The number of rotatable bonds is 5. The highest BCUT2D eigenvalue weighted by Crippen LogP contribution is 2.23. The Hall–Kier alpha value is -2.10. The average Bonchev–Trinajstić information content (AvgIpc) is 2.59. The molecule has 0 saturated carbocycles. The van der Waals surface area contributed by atoms with E-state index in [-0.39, 0.29) is 24.3 Å². The summed E-state index contributed by atoms with van der Waals surface area (Å²) in [6.07, 6.45) is 4.93. The zero-order valence-corrected chi connectivity index (χ0v) is 15.0. The Labute approximate surface area is 144 Å². The lowest BCUT2D eigenvalue weighted by atomic mass is 9.94. The van der Waals surface area contributed by atoms with Gasteiger partial charge in [-0.3, -0.25) is 9.59 Å². The van der Waals surface area contributed by atoms with Gasteiger partial charge in [-0.15, -0.1) is 0 Å². The smallest absolute Gasteiger partial charge is 0.244 e. The van der Waals surface area contributed by atoms with E-state index >= 15 is 0 Å². The number of hydrogen-bond acceptors (Lipinski definition) is 2.